The quantitative estimate of drug-likeness (QED) is 0.504. The Labute approximate surface area is 175 Å². The van der Waals surface area contributed by atoms with Crippen LogP contribution in [0.15, 0.2) is 47.6 Å². The molecule has 0 bridgehead atoms. The van der Waals surface area contributed by atoms with E-state index in [9.17, 15) is 9.18 Å². The number of ether oxygens (including phenoxy) is 3. The molecule has 1 aliphatic heterocycles. The van der Waals surface area contributed by atoms with Crippen LogP contribution in [0.5, 0.6) is 11.5 Å². The zero-order valence-electron chi connectivity index (χ0n) is 17.0. The van der Waals surface area contributed by atoms with Gasteiger partial charge in [-0.3, -0.25) is 9.69 Å². The van der Waals surface area contributed by atoms with Gasteiger partial charge >= 0.3 is 0 Å². The zero-order chi connectivity index (χ0) is 21.2. The number of carbonyl (C=O) groups is 1. The van der Waals surface area contributed by atoms with Crippen molar-refractivity contribution in [3.8, 4) is 11.5 Å². The van der Waals surface area contributed by atoms with Crippen molar-refractivity contribution < 1.29 is 23.4 Å². The molecule has 0 atom stereocenters. The van der Waals surface area contributed by atoms with Crippen molar-refractivity contribution in [1.29, 1.82) is 0 Å². The standard InChI is InChI=1S/C22H26FN3O4/c1-2-29-21-13-17(14-24-25-22(27)15-26-8-10-28-11-9-26)6-7-20(21)30-16-18-4-3-5-19(23)12-18/h3-7,12-14H,2,8-11,15-16H2,1H3,(H,25,27). The fourth-order valence-corrected chi connectivity index (χ4v) is 2.96. The summed E-state index contributed by atoms with van der Waals surface area (Å²) in [5.74, 6) is 0.628. The van der Waals surface area contributed by atoms with Gasteiger partial charge in [0.1, 0.15) is 12.4 Å². The van der Waals surface area contributed by atoms with Gasteiger partial charge in [0, 0.05) is 13.1 Å². The first kappa shape index (κ1) is 21.7. The van der Waals surface area contributed by atoms with Gasteiger partial charge < -0.3 is 14.2 Å². The van der Waals surface area contributed by atoms with Crippen LogP contribution in [-0.2, 0) is 16.1 Å². The third kappa shape index (κ3) is 6.82. The predicted octanol–water partition coefficient (Wildman–Crippen LogP) is 2.59. The van der Waals surface area contributed by atoms with E-state index in [1.165, 1.54) is 12.1 Å². The summed E-state index contributed by atoms with van der Waals surface area (Å²) in [5, 5.41) is 4.02. The summed E-state index contributed by atoms with van der Waals surface area (Å²) in [5.41, 5.74) is 4.02. The van der Waals surface area contributed by atoms with Gasteiger partial charge in [0.25, 0.3) is 5.91 Å². The molecule has 0 aliphatic carbocycles. The highest BCUT2D eigenvalue weighted by Gasteiger charge is 2.13. The lowest BCUT2D eigenvalue weighted by Crippen LogP contribution is -2.42. The first-order chi connectivity index (χ1) is 14.6. The molecule has 1 fully saturated rings. The van der Waals surface area contributed by atoms with E-state index in [1.807, 2.05) is 11.8 Å². The third-order valence-electron chi connectivity index (χ3n) is 4.42. The maximum atomic E-state index is 13.3. The Balaban J connectivity index is 1.56. The molecule has 2 aromatic rings. The molecular formula is C22H26FN3O4. The largest absolute Gasteiger partial charge is 0.490 e. The molecule has 30 heavy (non-hydrogen) atoms. The molecule has 1 amide bonds. The van der Waals surface area contributed by atoms with Crippen LogP contribution in [0.25, 0.3) is 0 Å². The number of hydrogen-bond donors (Lipinski definition) is 1. The monoisotopic (exact) mass is 415 g/mol. The van der Waals surface area contributed by atoms with Crippen LogP contribution < -0.4 is 14.9 Å². The summed E-state index contributed by atoms with van der Waals surface area (Å²) >= 11 is 0. The van der Waals surface area contributed by atoms with Crippen LogP contribution in [-0.4, -0.2) is 56.5 Å². The maximum Gasteiger partial charge on any atom is 0.254 e. The van der Waals surface area contributed by atoms with E-state index >= 15 is 0 Å². The van der Waals surface area contributed by atoms with E-state index in [0.29, 0.717) is 31.3 Å². The maximum absolute atomic E-state index is 13.3. The molecule has 0 spiro atoms. The van der Waals surface area contributed by atoms with Crippen molar-refractivity contribution in [1.82, 2.24) is 10.3 Å². The van der Waals surface area contributed by atoms with E-state index in [0.717, 1.165) is 24.2 Å². The fraction of sp³-hybridized carbons (Fsp3) is 0.364. The summed E-state index contributed by atoms with van der Waals surface area (Å²) in [7, 11) is 0. The van der Waals surface area contributed by atoms with Crippen molar-refractivity contribution in [3.63, 3.8) is 0 Å². The van der Waals surface area contributed by atoms with Crippen LogP contribution in [0.1, 0.15) is 18.1 Å². The SMILES string of the molecule is CCOc1cc(C=NNC(=O)CN2CCOCC2)ccc1OCc1cccc(F)c1. The fourth-order valence-electron chi connectivity index (χ4n) is 2.96. The second-order valence-electron chi connectivity index (χ2n) is 6.74. The van der Waals surface area contributed by atoms with Gasteiger partial charge in [-0.25, -0.2) is 9.82 Å². The van der Waals surface area contributed by atoms with Crippen LogP contribution in [0, 0.1) is 5.82 Å². The molecule has 0 unspecified atom stereocenters. The average molecular weight is 415 g/mol. The van der Waals surface area contributed by atoms with Gasteiger partial charge in [-0.2, -0.15) is 5.10 Å². The van der Waals surface area contributed by atoms with Gasteiger partial charge in [-0.15, -0.1) is 0 Å². The smallest absolute Gasteiger partial charge is 0.254 e. The molecule has 0 radical (unpaired) electrons. The Morgan fingerprint density at radius 1 is 1.20 bits per heavy atom. The minimum Gasteiger partial charge on any atom is -0.490 e. The van der Waals surface area contributed by atoms with Crippen LogP contribution in [0.2, 0.25) is 0 Å². The number of benzene rings is 2. The number of nitrogens with one attached hydrogen (secondary N) is 1. The normalized spacial score (nSPS) is 14.6. The summed E-state index contributed by atoms with van der Waals surface area (Å²) in [6.07, 6.45) is 1.55. The lowest BCUT2D eigenvalue weighted by Gasteiger charge is -2.25. The average Bonchev–Trinajstić information content (AvgIpc) is 2.74. The van der Waals surface area contributed by atoms with Crippen molar-refractivity contribution in [2.75, 3.05) is 39.5 Å². The van der Waals surface area contributed by atoms with Gasteiger partial charge in [-0.05, 0) is 48.4 Å². The number of hydrogen-bond acceptors (Lipinski definition) is 6. The van der Waals surface area contributed by atoms with E-state index in [4.69, 9.17) is 14.2 Å². The van der Waals surface area contributed by atoms with Crippen molar-refractivity contribution in [3.05, 3.63) is 59.4 Å². The Bertz CT molecular complexity index is 869. The second-order valence-corrected chi connectivity index (χ2v) is 6.74. The second kappa shape index (κ2) is 11.3. The Morgan fingerprint density at radius 3 is 2.80 bits per heavy atom. The molecular weight excluding hydrogens is 389 g/mol. The number of halogens is 1. The van der Waals surface area contributed by atoms with E-state index in [-0.39, 0.29) is 24.9 Å². The number of hydrazone groups is 1. The highest BCUT2D eigenvalue weighted by molar-refractivity contribution is 5.83. The highest BCUT2D eigenvalue weighted by Crippen LogP contribution is 2.29. The Kier molecular flexibility index (Phi) is 8.17. The summed E-state index contributed by atoms with van der Waals surface area (Å²) in [4.78, 5) is 14.0. The predicted molar refractivity (Wildman–Crippen MR) is 111 cm³/mol. The van der Waals surface area contributed by atoms with Gasteiger partial charge in [-0.1, -0.05) is 12.1 Å². The topological polar surface area (TPSA) is 72.4 Å². The Morgan fingerprint density at radius 2 is 2.03 bits per heavy atom. The van der Waals surface area contributed by atoms with Crippen LogP contribution in [0.4, 0.5) is 4.39 Å². The van der Waals surface area contributed by atoms with E-state index < -0.39 is 0 Å². The molecule has 2 aromatic carbocycles. The van der Waals surface area contributed by atoms with Crippen molar-refractivity contribution >= 4 is 12.1 Å². The first-order valence-electron chi connectivity index (χ1n) is 9.90. The minimum absolute atomic E-state index is 0.173. The number of amides is 1. The van der Waals surface area contributed by atoms with Crippen LogP contribution >= 0.6 is 0 Å². The highest BCUT2D eigenvalue weighted by atomic mass is 19.1. The summed E-state index contributed by atoms with van der Waals surface area (Å²) in [6.45, 7) is 5.63. The third-order valence-corrected chi connectivity index (χ3v) is 4.42. The summed E-state index contributed by atoms with van der Waals surface area (Å²) in [6, 6.07) is 11.6. The minimum atomic E-state index is -0.302. The first-order valence-corrected chi connectivity index (χ1v) is 9.90. The lowest BCUT2D eigenvalue weighted by atomic mass is 10.2. The van der Waals surface area contributed by atoms with Gasteiger partial charge in [0.15, 0.2) is 11.5 Å². The molecule has 160 valence electrons. The molecule has 7 nitrogen and oxygen atoms in total. The molecule has 1 N–H and O–H groups in total. The molecule has 0 saturated carbocycles. The number of carbonyl (C=O) groups excluding carboxylic acids is 1. The number of morpholine rings is 1. The zero-order valence-corrected chi connectivity index (χ0v) is 17.0. The Hall–Kier alpha value is -2.97. The molecule has 3 rings (SSSR count). The molecule has 1 aliphatic rings. The number of rotatable bonds is 9. The van der Waals surface area contributed by atoms with Gasteiger partial charge in [0.05, 0.1) is 32.6 Å². The van der Waals surface area contributed by atoms with E-state index in [1.54, 1.807) is 36.5 Å². The molecule has 8 heteroatoms. The number of nitrogens with zero attached hydrogens (tertiary/aromatic N) is 2. The summed E-state index contributed by atoms with van der Waals surface area (Å²) < 4.78 is 30.0. The van der Waals surface area contributed by atoms with Gasteiger partial charge in [0.2, 0.25) is 0 Å². The van der Waals surface area contributed by atoms with E-state index in [2.05, 4.69) is 10.5 Å². The molecule has 1 saturated heterocycles. The molecule has 0 aromatic heterocycles. The van der Waals surface area contributed by atoms with Crippen molar-refractivity contribution in [2.24, 2.45) is 5.10 Å². The van der Waals surface area contributed by atoms with Crippen LogP contribution in [0.3, 0.4) is 0 Å². The van der Waals surface area contributed by atoms with Crippen molar-refractivity contribution in [2.45, 2.75) is 13.5 Å². The lowest BCUT2D eigenvalue weighted by molar-refractivity contribution is -0.123. The molecule has 1 heterocycles.